The molecule has 3 aromatic heterocycles. The summed E-state index contributed by atoms with van der Waals surface area (Å²) >= 11 is 0. The van der Waals surface area contributed by atoms with Crippen LogP contribution in [0.5, 0.6) is 0 Å². The summed E-state index contributed by atoms with van der Waals surface area (Å²) in [6.45, 7) is 20.1. The molecule has 3 aliphatic heterocycles. The first kappa shape index (κ1) is 67.4. The number of aliphatic hydroxyl groups is 2. The second-order valence-corrected chi connectivity index (χ2v) is 22.8. The Bertz CT molecular complexity index is 3490. The van der Waals surface area contributed by atoms with Crippen LogP contribution in [0.1, 0.15) is 134 Å². The number of carbonyl (C=O) groups excluding carboxylic acids is 1. The largest absolute Gasteiger partial charge is 0.480 e. The first-order chi connectivity index (χ1) is 41.7. The number of unbranched alkanes of at least 4 members (excludes halogenated alkanes) is 2. The fraction of sp³-hybridized carbons (Fsp3) is 0.460. The maximum Gasteiger partial charge on any atom is 0.317 e. The summed E-state index contributed by atoms with van der Waals surface area (Å²) < 4.78 is 6.40. The number of H-pyrrole nitrogens is 3. The molecule has 0 radical (unpaired) electrons. The summed E-state index contributed by atoms with van der Waals surface area (Å²) in [6.07, 6.45) is 8.16. The molecular formula is C63H83N9O16. The molecule has 4 aromatic rings. The number of aromatic amines is 3. The third-order valence-corrected chi connectivity index (χ3v) is 16.7. The number of carboxylic acid groups (broad SMARTS) is 5. The molecule has 25 nitrogen and oxygen atoms in total. The molecule has 1 amide bonds. The fourth-order valence-corrected chi connectivity index (χ4v) is 12.1. The van der Waals surface area contributed by atoms with Gasteiger partial charge in [-0.2, -0.15) is 0 Å². The molecule has 88 heavy (non-hydrogen) atoms. The van der Waals surface area contributed by atoms with Gasteiger partial charge in [-0.3, -0.25) is 48.7 Å². The normalized spacial score (nSPS) is 16.8. The van der Waals surface area contributed by atoms with Crippen molar-refractivity contribution >= 4 is 70.9 Å². The molecule has 8 bridgehead atoms. The van der Waals surface area contributed by atoms with Gasteiger partial charge < -0.3 is 71.0 Å². The molecule has 6 heterocycles. The highest BCUT2D eigenvalue weighted by Crippen LogP contribution is 2.53. The molecule has 3 aliphatic rings. The summed E-state index contributed by atoms with van der Waals surface area (Å²) in [7, 11) is 0. The van der Waals surface area contributed by atoms with Crippen LogP contribution in [0.3, 0.4) is 0 Å². The smallest absolute Gasteiger partial charge is 0.317 e. The number of amides is 1. The highest BCUT2D eigenvalue weighted by Gasteiger charge is 2.64. The van der Waals surface area contributed by atoms with Crippen molar-refractivity contribution in [3.8, 4) is 0 Å². The fourth-order valence-electron chi connectivity index (χ4n) is 12.1. The van der Waals surface area contributed by atoms with Gasteiger partial charge in [0.25, 0.3) is 0 Å². The number of nitrogens with one attached hydrogen (secondary N) is 5. The molecule has 476 valence electrons. The number of ether oxygens (including phenoxy) is 1. The number of benzene rings is 1. The highest BCUT2D eigenvalue weighted by molar-refractivity contribution is 5.95. The Kier molecular flexibility index (Phi) is 22.0. The van der Waals surface area contributed by atoms with Gasteiger partial charge in [0.1, 0.15) is 0 Å². The third kappa shape index (κ3) is 14.9. The minimum Gasteiger partial charge on any atom is -0.480 e. The molecule has 0 spiro atoms. The number of rotatable bonds is 32. The van der Waals surface area contributed by atoms with E-state index in [1.165, 1.54) is 17.0 Å². The second-order valence-electron chi connectivity index (χ2n) is 22.8. The van der Waals surface area contributed by atoms with E-state index in [1.54, 1.807) is 18.2 Å². The Morgan fingerprint density at radius 3 is 1.90 bits per heavy atom. The highest BCUT2D eigenvalue weighted by atomic mass is 17.1. The summed E-state index contributed by atoms with van der Waals surface area (Å²) in [4.78, 5) is 95.4. The van der Waals surface area contributed by atoms with Gasteiger partial charge in [-0.1, -0.05) is 58.9 Å². The number of hydrogen-bond acceptors (Lipinski definition) is 16. The summed E-state index contributed by atoms with van der Waals surface area (Å²) in [5.74, 6) is -10.4. The number of carbonyl (C=O) groups is 6. The molecule has 1 saturated heterocycles. The first-order valence-corrected chi connectivity index (χ1v) is 29.5. The van der Waals surface area contributed by atoms with Crippen molar-refractivity contribution in [2.75, 3.05) is 70.8 Å². The number of nitrogens with zero attached hydrogens (tertiary/aromatic N) is 4. The van der Waals surface area contributed by atoms with Crippen molar-refractivity contribution in [3.05, 3.63) is 127 Å². The van der Waals surface area contributed by atoms with Gasteiger partial charge in [-0.15, -0.1) is 0 Å². The minimum atomic E-state index is -3.09. The molecule has 7 rings (SSSR count). The van der Waals surface area contributed by atoms with Crippen molar-refractivity contribution < 1.29 is 79.4 Å². The van der Waals surface area contributed by atoms with Gasteiger partial charge in [0.05, 0.1) is 55.9 Å². The Balaban J connectivity index is 1.29. The second kappa shape index (κ2) is 28.8. The average Bonchev–Trinajstić information content (AvgIpc) is 1.54. The topological polar surface area (TPSA) is 367 Å². The van der Waals surface area contributed by atoms with Gasteiger partial charge in [0, 0.05) is 107 Å². The zero-order chi connectivity index (χ0) is 64.5. The number of anilines is 1. The molecular weight excluding hydrogens is 1140 g/mol. The van der Waals surface area contributed by atoms with E-state index in [-0.39, 0.29) is 43.1 Å². The standard InChI is InChI=1S/C63H83N9O16/c1-10-13-21-72-38(7)57-36(5)46-26-48-44(12-3)35(4)45(65-48)27-49-58(40(9)87-24-14-11-2)37(6)47(66-49)28-50-63(84,85)62(88-86,61(68-50)59(39(72)8)60(57)67-46)20-19-51(73)64-42-17-15-41(16-18-42)25-43(71(33-55(80)81)34-56(82)83)29-69(30-52(74)75)22-23-70(31-53(76)77)32-54(78)79/h15-18,26-28,40,43,65-68,84-86H,7-8,10-14,19-25,29-34H2,1-6,9H3,(H,64,73)(H,74,75)(H,76,77)(H,78,79)(H,80,81)(H,82,83)/t40?,43?,62-/m0/s1. The van der Waals surface area contributed by atoms with Crippen LogP contribution in [-0.4, -0.2) is 194 Å². The number of allylic oxidation sites excluding steroid dienone is 1. The third-order valence-electron chi connectivity index (χ3n) is 16.7. The molecule has 25 heteroatoms. The van der Waals surface area contributed by atoms with Crippen molar-refractivity contribution in [2.24, 2.45) is 0 Å². The van der Waals surface area contributed by atoms with Crippen LogP contribution < -0.4 is 21.3 Å². The van der Waals surface area contributed by atoms with E-state index >= 15 is 0 Å². The van der Waals surface area contributed by atoms with E-state index in [0.717, 1.165) is 79.7 Å². The van der Waals surface area contributed by atoms with Crippen molar-refractivity contribution in [3.63, 3.8) is 0 Å². The lowest BCUT2D eigenvalue weighted by Crippen LogP contribution is -2.54. The Labute approximate surface area is 509 Å². The van der Waals surface area contributed by atoms with E-state index in [2.05, 4.69) is 66.4 Å². The SMILES string of the molecule is C=C1C2=C3NC(=Cc4[nH]c(c(C(C)OCCCC)c4C)C=c4[nH]c(c(CC)c4C)=Cc4[nH]c2c(c4C)C(=C)N1CCCC)C(O)(O)[C@@]3(CCC(=O)Nc1ccc(CC(CN(CCN(CC(=O)O)CC(=O)O)CC(=O)O)N(CC(=O)O)CC(=O)O)cc1)OO. The zero-order valence-electron chi connectivity index (χ0n) is 51.0. The summed E-state index contributed by atoms with van der Waals surface area (Å²) in [6, 6.07) is 5.23. The first-order valence-electron chi connectivity index (χ1n) is 29.5. The van der Waals surface area contributed by atoms with Crippen molar-refractivity contribution in [2.45, 2.75) is 123 Å². The van der Waals surface area contributed by atoms with Crippen LogP contribution in [0.25, 0.3) is 29.5 Å². The van der Waals surface area contributed by atoms with E-state index < -0.39 is 105 Å². The Morgan fingerprint density at radius 2 is 1.31 bits per heavy atom. The van der Waals surface area contributed by atoms with E-state index in [0.29, 0.717) is 64.7 Å². The minimum absolute atomic E-state index is 0.0163. The van der Waals surface area contributed by atoms with E-state index in [1.807, 2.05) is 37.8 Å². The zero-order valence-corrected chi connectivity index (χ0v) is 51.0. The van der Waals surface area contributed by atoms with Crippen LogP contribution in [-0.2, 0) is 51.2 Å². The van der Waals surface area contributed by atoms with E-state index in [9.17, 15) is 69.8 Å². The van der Waals surface area contributed by atoms with E-state index in [4.69, 9.17) is 9.62 Å². The van der Waals surface area contributed by atoms with Crippen LogP contribution in [0.4, 0.5) is 5.69 Å². The number of hydrogen-bond donors (Lipinski definition) is 13. The van der Waals surface area contributed by atoms with Crippen LogP contribution >= 0.6 is 0 Å². The van der Waals surface area contributed by atoms with Crippen molar-refractivity contribution in [1.29, 1.82) is 0 Å². The number of aromatic nitrogens is 3. The van der Waals surface area contributed by atoms with Crippen LogP contribution in [0, 0.1) is 20.8 Å². The van der Waals surface area contributed by atoms with Crippen molar-refractivity contribution in [1.82, 2.24) is 39.9 Å². The average molecular weight is 1220 g/mol. The maximum absolute atomic E-state index is 14.3. The van der Waals surface area contributed by atoms with Gasteiger partial charge >= 0.3 is 29.8 Å². The summed E-state index contributed by atoms with van der Waals surface area (Å²) in [5, 5.41) is 93.3. The quantitative estimate of drug-likeness (QED) is 0.0138. The van der Waals surface area contributed by atoms with Gasteiger partial charge in [-0.25, -0.2) is 4.89 Å². The lowest BCUT2D eigenvalue weighted by molar-refractivity contribution is -0.376. The van der Waals surface area contributed by atoms with Gasteiger partial charge in [0.15, 0.2) is 0 Å². The van der Waals surface area contributed by atoms with Crippen LogP contribution in [0.2, 0.25) is 0 Å². The number of carboxylic acids is 5. The monoisotopic (exact) mass is 1220 g/mol. The number of aliphatic carboxylic acids is 5. The number of fused-ring (bicyclic) bond motifs is 7. The lowest BCUT2D eigenvalue weighted by atomic mass is 9.82. The van der Waals surface area contributed by atoms with Gasteiger partial charge in [0.2, 0.25) is 17.3 Å². The molecule has 2 unspecified atom stereocenters. The predicted octanol–water partition coefficient (Wildman–Crippen LogP) is 4.53. The molecule has 3 atom stereocenters. The Hall–Kier alpha value is -8.14. The molecule has 1 fully saturated rings. The molecule has 0 aliphatic carbocycles. The maximum atomic E-state index is 14.3. The Morgan fingerprint density at radius 1 is 0.716 bits per heavy atom. The van der Waals surface area contributed by atoms with Crippen LogP contribution in [0.15, 0.2) is 54.5 Å². The van der Waals surface area contributed by atoms with Gasteiger partial charge in [-0.05, 0) is 118 Å². The predicted molar refractivity (Wildman–Crippen MR) is 327 cm³/mol. The molecule has 1 aromatic carbocycles. The lowest BCUT2D eigenvalue weighted by Gasteiger charge is -2.39. The molecule has 13 N–H and O–H groups in total. The summed E-state index contributed by atoms with van der Waals surface area (Å²) in [5.41, 5.74) is 7.08. The molecule has 0 saturated carbocycles.